The topological polar surface area (TPSA) is 94.6 Å². The van der Waals surface area contributed by atoms with Crippen molar-refractivity contribution in [3.63, 3.8) is 0 Å². The minimum absolute atomic E-state index is 0.214. The van der Waals surface area contributed by atoms with Gasteiger partial charge in [-0.3, -0.25) is 0 Å². The smallest absolute Gasteiger partial charge is 0.319 e. The first-order valence-corrected chi connectivity index (χ1v) is 10.3. The Hall–Kier alpha value is -3.88. The van der Waals surface area contributed by atoms with Gasteiger partial charge in [-0.1, -0.05) is 0 Å². The van der Waals surface area contributed by atoms with E-state index < -0.39 is 0 Å². The number of rotatable bonds is 10. The number of nitrogens with zero attached hydrogens (tertiary/aromatic N) is 2. The summed E-state index contributed by atoms with van der Waals surface area (Å²) in [5.74, 6) is 1.21. The maximum Gasteiger partial charge on any atom is 0.319 e. The predicted octanol–water partition coefficient (Wildman–Crippen LogP) is 4.28. The summed E-state index contributed by atoms with van der Waals surface area (Å²) in [6, 6.07) is 14.2. The van der Waals surface area contributed by atoms with Gasteiger partial charge in [0.1, 0.15) is 12.4 Å². The summed E-state index contributed by atoms with van der Waals surface area (Å²) in [6.07, 6.45) is 0. The zero-order chi connectivity index (χ0) is 22.8. The summed E-state index contributed by atoms with van der Waals surface area (Å²) in [5, 5.41) is 13.5. The van der Waals surface area contributed by atoms with Crippen molar-refractivity contribution in [3.05, 3.63) is 60.4 Å². The number of amides is 2. The molecule has 0 aliphatic carbocycles. The van der Waals surface area contributed by atoms with Gasteiger partial charge in [-0.05, 0) is 56.3 Å². The third-order valence-corrected chi connectivity index (χ3v) is 4.22. The largest absolute Gasteiger partial charge is 0.490 e. The molecule has 0 aliphatic heterocycles. The average Bonchev–Trinajstić information content (AvgIpc) is 2.80. The van der Waals surface area contributed by atoms with Crippen LogP contribution in [0.4, 0.5) is 14.9 Å². The highest BCUT2D eigenvalue weighted by molar-refractivity contribution is 5.89. The number of halogens is 1. The lowest BCUT2D eigenvalue weighted by atomic mass is 10.1. The highest BCUT2D eigenvalue weighted by Crippen LogP contribution is 2.30. The van der Waals surface area contributed by atoms with E-state index in [0.29, 0.717) is 42.0 Å². The van der Waals surface area contributed by atoms with Gasteiger partial charge >= 0.3 is 6.03 Å². The van der Waals surface area contributed by atoms with Gasteiger partial charge < -0.3 is 24.8 Å². The second-order valence-electron chi connectivity index (χ2n) is 6.52. The van der Waals surface area contributed by atoms with Crippen molar-refractivity contribution in [1.29, 1.82) is 0 Å². The molecule has 3 rings (SSSR count). The monoisotopic (exact) mass is 440 g/mol. The van der Waals surface area contributed by atoms with E-state index in [2.05, 4.69) is 20.8 Å². The molecule has 2 amide bonds. The highest BCUT2D eigenvalue weighted by atomic mass is 19.1. The number of urea groups is 1. The minimum Gasteiger partial charge on any atom is -0.490 e. The molecule has 32 heavy (non-hydrogen) atoms. The number of hydrogen-bond donors (Lipinski definition) is 2. The van der Waals surface area contributed by atoms with Gasteiger partial charge in [0.05, 0.1) is 25.5 Å². The van der Waals surface area contributed by atoms with Gasteiger partial charge in [-0.2, -0.15) is 0 Å². The van der Waals surface area contributed by atoms with E-state index in [0.717, 1.165) is 5.56 Å². The average molecular weight is 440 g/mol. The maximum atomic E-state index is 13.0. The van der Waals surface area contributed by atoms with E-state index in [-0.39, 0.29) is 25.0 Å². The Morgan fingerprint density at radius 1 is 0.906 bits per heavy atom. The molecule has 0 bridgehead atoms. The van der Waals surface area contributed by atoms with E-state index in [1.165, 1.54) is 12.1 Å². The van der Waals surface area contributed by atoms with Crippen LogP contribution in [0.1, 0.15) is 13.8 Å². The number of carbonyl (C=O) groups excluding carboxylic acids is 1. The van der Waals surface area contributed by atoms with Gasteiger partial charge in [0.15, 0.2) is 11.5 Å². The molecule has 168 valence electrons. The molecule has 0 fully saturated rings. The second-order valence-corrected chi connectivity index (χ2v) is 6.52. The lowest BCUT2D eigenvalue weighted by Crippen LogP contribution is -2.32. The lowest BCUT2D eigenvalue weighted by Gasteiger charge is -2.13. The number of carbonyl (C=O) groups is 1. The first-order valence-electron chi connectivity index (χ1n) is 10.3. The molecule has 0 saturated heterocycles. The van der Waals surface area contributed by atoms with E-state index in [4.69, 9.17) is 14.2 Å². The van der Waals surface area contributed by atoms with Crippen LogP contribution in [0.2, 0.25) is 0 Å². The van der Waals surface area contributed by atoms with Crippen molar-refractivity contribution >= 4 is 11.7 Å². The van der Waals surface area contributed by atoms with E-state index in [9.17, 15) is 9.18 Å². The fraction of sp³-hybridized carbons (Fsp3) is 0.261. The Balaban J connectivity index is 1.44. The lowest BCUT2D eigenvalue weighted by molar-refractivity contribution is 0.246. The Kier molecular flexibility index (Phi) is 8.19. The number of aromatic nitrogens is 2. The molecule has 0 atom stereocenters. The van der Waals surface area contributed by atoms with E-state index in [1.807, 2.05) is 13.8 Å². The Bertz CT molecular complexity index is 1010. The molecule has 2 N–H and O–H groups in total. The number of ether oxygens (including phenoxy) is 3. The van der Waals surface area contributed by atoms with Gasteiger partial charge in [0, 0.05) is 23.4 Å². The molecule has 0 unspecified atom stereocenters. The van der Waals surface area contributed by atoms with Gasteiger partial charge in [-0.15, -0.1) is 10.2 Å². The molecule has 2 aromatic carbocycles. The molecule has 9 heteroatoms. The normalized spacial score (nSPS) is 10.3. The van der Waals surface area contributed by atoms with E-state index >= 15 is 0 Å². The third kappa shape index (κ3) is 6.56. The van der Waals surface area contributed by atoms with Crippen LogP contribution in [0, 0.1) is 5.82 Å². The fourth-order valence-corrected chi connectivity index (χ4v) is 2.80. The van der Waals surface area contributed by atoms with Crippen molar-refractivity contribution in [2.24, 2.45) is 0 Å². The summed E-state index contributed by atoms with van der Waals surface area (Å²) in [6.45, 7) is 5.26. The number of anilines is 1. The maximum absolute atomic E-state index is 13.0. The number of hydrogen-bond acceptors (Lipinski definition) is 6. The van der Waals surface area contributed by atoms with Crippen LogP contribution in [0.25, 0.3) is 11.3 Å². The Labute approximate surface area is 185 Å². The summed E-state index contributed by atoms with van der Waals surface area (Å²) < 4.78 is 29.6. The van der Waals surface area contributed by atoms with Crippen LogP contribution in [-0.4, -0.2) is 42.6 Å². The third-order valence-electron chi connectivity index (χ3n) is 4.22. The zero-order valence-corrected chi connectivity index (χ0v) is 17.9. The van der Waals surface area contributed by atoms with Crippen molar-refractivity contribution in [2.75, 3.05) is 31.7 Å². The Morgan fingerprint density at radius 3 is 2.34 bits per heavy atom. The van der Waals surface area contributed by atoms with Crippen LogP contribution in [0.5, 0.6) is 17.4 Å². The minimum atomic E-state index is -0.377. The van der Waals surface area contributed by atoms with Crippen molar-refractivity contribution in [1.82, 2.24) is 15.5 Å². The Morgan fingerprint density at radius 2 is 1.66 bits per heavy atom. The van der Waals surface area contributed by atoms with Crippen molar-refractivity contribution < 1.29 is 23.4 Å². The van der Waals surface area contributed by atoms with Crippen LogP contribution < -0.4 is 24.8 Å². The van der Waals surface area contributed by atoms with Gasteiger partial charge in [0.25, 0.3) is 0 Å². The van der Waals surface area contributed by atoms with Crippen LogP contribution in [-0.2, 0) is 0 Å². The first kappa shape index (κ1) is 22.8. The van der Waals surface area contributed by atoms with Gasteiger partial charge in [0.2, 0.25) is 5.88 Å². The molecule has 0 spiro atoms. The summed E-state index contributed by atoms with van der Waals surface area (Å²) >= 11 is 0. The SMILES string of the molecule is CCOc1ccc(NC(=O)NCCOc2ccc(-c3ccc(F)cc3)nn2)cc1OCC. The highest BCUT2D eigenvalue weighted by Gasteiger charge is 2.09. The first-order chi connectivity index (χ1) is 15.6. The molecular weight excluding hydrogens is 415 g/mol. The van der Waals surface area contributed by atoms with Crippen LogP contribution >= 0.6 is 0 Å². The molecule has 1 aromatic heterocycles. The zero-order valence-electron chi connectivity index (χ0n) is 17.9. The molecular formula is C23H25FN4O4. The molecule has 1 heterocycles. The molecule has 3 aromatic rings. The van der Waals surface area contributed by atoms with Gasteiger partial charge in [-0.25, -0.2) is 9.18 Å². The van der Waals surface area contributed by atoms with Crippen molar-refractivity contribution in [2.45, 2.75) is 13.8 Å². The quantitative estimate of drug-likeness (QED) is 0.457. The van der Waals surface area contributed by atoms with Crippen LogP contribution in [0.3, 0.4) is 0 Å². The molecule has 0 radical (unpaired) electrons. The molecule has 0 saturated carbocycles. The van der Waals surface area contributed by atoms with E-state index in [1.54, 1.807) is 42.5 Å². The summed E-state index contributed by atoms with van der Waals surface area (Å²) in [7, 11) is 0. The molecule has 8 nitrogen and oxygen atoms in total. The summed E-state index contributed by atoms with van der Waals surface area (Å²) in [4.78, 5) is 12.1. The van der Waals surface area contributed by atoms with Crippen molar-refractivity contribution in [3.8, 4) is 28.6 Å². The number of nitrogens with one attached hydrogen (secondary N) is 2. The fourth-order valence-electron chi connectivity index (χ4n) is 2.80. The summed E-state index contributed by atoms with van der Waals surface area (Å²) in [5.41, 5.74) is 1.94. The predicted molar refractivity (Wildman–Crippen MR) is 119 cm³/mol. The second kappa shape index (κ2) is 11.5. The number of benzene rings is 2. The standard InChI is InChI=1S/C23H25FN4O4/c1-3-30-20-11-9-18(15-21(20)31-4-2)26-23(29)25-13-14-32-22-12-10-19(27-28-22)16-5-7-17(24)8-6-16/h5-12,15H,3-4,13-14H2,1-2H3,(H2,25,26,29). The van der Waals surface area contributed by atoms with Crippen LogP contribution in [0.15, 0.2) is 54.6 Å². The molecule has 0 aliphatic rings.